The molecule has 5 aromatic rings. The van der Waals surface area contributed by atoms with Crippen LogP contribution in [-0.2, 0) is 4.74 Å². The number of nitrogens with zero attached hydrogens (tertiary/aromatic N) is 5. The Kier molecular flexibility index (Phi) is 5.04. The molecule has 0 saturated heterocycles. The fourth-order valence-corrected chi connectivity index (χ4v) is 4.51. The maximum absolute atomic E-state index is 12.0. The fourth-order valence-electron chi connectivity index (χ4n) is 4.32. The lowest BCUT2D eigenvalue weighted by Gasteiger charge is -2.29. The average Bonchev–Trinajstić information content (AvgIpc) is 3.54. The topological polar surface area (TPSA) is 111 Å². The minimum Gasteiger partial charge on any atom is -0.465 e. The Bertz CT molecular complexity index is 1570. The van der Waals surface area contributed by atoms with Crippen molar-refractivity contribution in [2.45, 2.75) is 6.04 Å². The third-order valence-corrected chi connectivity index (χ3v) is 6.16. The molecule has 2 N–H and O–H groups in total. The second kappa shape index (κ2) is 8.37. The molecule has 0 bridgehead atoms. The van der Waals surface area contributed by atoms with Gasteiger partial charge in [-0.25, -0.2) is 9.78 Å². The number of aromatic nitrogens is 6. The molecule has 1 unspecified atom stereocenters. The van der Waals surface area contributed by atoms with Crippen LogP contribution < -0.4 is 5.32 Å². The van der Waals surface area contributed by atoms with E-state index in [-0.39, 0.29) is 0 Å². The van der Waals surface area contributed by atoms with Crippen molar-refractivity contribution in [2.75, 3.05) is 12.4 Å². The number of allylic oxidation sites excluding steroid dienone is 1. The summed E-state index contributed by atoms with van der Waals surface area (Å²) < 4.78 is 6.55. The average molecular weight is 484 g/mol. The number of rotatable bonds is 4. The highest BCUT2D eigenvalue weighted by Crippen LogP contribution is 2.43. The maximum Gasteiger partial charge on any atom is 0.337 e. The first kappa shape index (κ1) is 21.1. The number of benzene rings is 3. The predicted octanol–water partition coefficient (Wildman–Crippen LogP) is 4.57. The summed E-state index contributed by atoms with van der Waals surface area (Å²) in [6.07, 6.45) is 0. The van der Waals surface area contributed by atoms with Crippen molar-refractivity contribution in [1.29, 1.82) is 0 Å². The van der Waals surface area contributed by atoms with E-state index >= 15 is 0 Å². The zero-order chi connectivity index (χ0) is 23.9. The van der Waals surface area contributed by atoms with Crippen molar-refractivity contribution in [3.8, 4) is 0 Å². The van der Waals surface area contributed by atoms with Gasteiger partial charge in [0.25, 0.3) is 0 Å². The molecule has 1 atom stereocenters. The number of hydrogen-bond acceptors (Lipinski definition) is 7. The number of anilines is 1. The summed E-state index contributed by atoms with van der Waals surface area (Å²) in [5.74, 6) is 0.733. The molecule has 35 heavy (non-hydrogen) atoms. The molecule has 0 fully saturated rings. The van der Waals surface area contributed by atoms with Gasteiger partial charge in [0.1, 0.15) is 11.9 Å². The lowest BCUT2D eigenvalue weighted by Crippen LogP contribution is -2.25. The summed E-state index contributed by atoms with van der Waals surface area (Å²) in [6, 6.07) is 22.1. The van der Waals surface area contributed by atoms with E-state index in [1.165, 1.54) is 7.11 Å². The van der Waals surface area contributed by atoms with Crippen molar-refractivity contribution < 1.29 is 9.53 Å². The Morgan fingerprint density at radius 1 is 1.06 bits per heavy atom. The van der Waals surface area contributed by atoms with E-state index < -0.39 is 12.0 Å². The van der Waals surface area contributed by atoms with Crippen molar-refractivity contribution >= 4 is 45.8 Å². The van der Waals surface area contributed by atoms with Gasteiger partial charge in [-0.05, 0) is 52.4 Å². The quantitative estimate of drug-likeness (QED) is 0.360. The van der Waals surface area contributed by atoms with E-state index in [1.807, 2.05) is 60.7 Å². The van der Waals surface area contributed by atoms with Crippen LogP contribution in [0.15, 0.2) is 72.8 Å². The number of aromatic amines is 1. The van der Waals surface area contributed by atoms with E-state index in [0.717, 1.165) is 33.4 Å². The van der Waals surface area contributed by atoms with Crippen LogP contribution in [0, 0.1) is 0 Å². The number of para-hydroxylation sites is 2. The standard InChI is InChI=1S/C25H18ClN7O2/c1-35-24(34)15-11-9-14(10-12-15)22-20(23-27-18-7-2-3-8-19(18)28-23)21(16-5-4-6-17(26)13-16)29-25-30-31-32-33(22)25/h2-13,22H,1H3,(H,27,28)(H,29,30,32). The first-order chi connectivity index (χ1) is 17.1. The third kappa shape index (κ3) is 3.62. The van der Waals surface area contributed by atoms with E-state index in [9.17, 15) is 4.79 Å². The number of carbonyl (C=O) groups excluding carboxylic acids is 1. The molecule has 3 heterocycles. The lowest BCUT2D eigenvalue weighted by atomic mass is 9.92. The molecule has 172 valence electrons. The minimum atomic E-state index is -0.442. The molecule has 1 aliphatic rings. The number of tetrazole rings is 1. The van der Waals surface area contributed by atoms with Gasteiger partial charge in [-0.1, -0.05) is 53.1 Å². The van der Waals surface area contributed by atoms with Crippen LogP contribution in [0.3, 0.4) is 0 Å². The molecule has 2 aromatic heterocycles. The monoisotopic (exact) mass is 483 g/mol. The van der Waals surface area contributed by atoms with E-state index in [4.69, 9.17) is 21.3 Å². The summed E-state index contributed by atoms with van der Waals surface area (Å²) in [5.41, 5.74) is 5.52. The summed E-state index contributed by atoms with van der Waals surface area (Å²) in [5, 5.41) is 16.3. The molecule has 0 radical (unpaired) electrons. The summed E-state index contributed by atoms with van der Waals surface area (Å²) >= 11 is 6.35. The number of halogens is 1. The van der Waals surface area contributed by atoms with Crippen molar-refractivity contribution in [3.63, 3.8) is 0 Å². The van der Waals surface area contributed by atoms with E-state index in [2.05, 4.69) is 25.8 Å². The van der Waals surface area contributed by atoms with Crippen LogP contribution in [-0.4, -0.2) is 43.3 Å². The molecule has 9 nitrogen and oxygen atoms in total. The fraction of sp³-hybridized carbons (Fsp3) is 0.0800. The molecular weight excluding hydrogens is 466 g/mol. The highest BCUT2D eigenvalue weighted by Gasteiger charge is 2.34. The number of ether oxygens (including phenoxy) is 1. The number of hydrogen-bond donors (Lipinski definition) is 2. The Morgan fingerprint density at radius 2 is 1.89 bits per heavy atom. The molecule has 0 amide bonds. The number of nitrogens with one attached hydrogen (secondary N) is 2. The summed E-state index contributed by atoms with van der Waals surface area (Å²) in [6.45, 7) is 0. The predicted molar refractivity (Wildman–Crippen MR) is 132 cm³/mol. The molecular formula is C25H18ClN7O2. The van der Waals surface area contributed by atoms with Gasteiger partial charge in [-0.2, -0.15) is 4.68 Å². The van der Waals surface area contributed by atoms with Crippen LogP contribution in [0.2, 0.25) is 5.02 Å². The normalized spacial score (nSPS) is 15.1. The van der Waals surface area contributed by atoms with Gasteiger partial charge in [0.2, 0.25) is 5.95 Å². The van der Waals surface area contributed by atoms with Gasteiger partial charge < -0.3 is 15.0 Å². The molecule has 6 rings (SSSR count). The molecule has 0 aliphatic carbocycles. The molecule has 0 spiro atoms. The van der Waals surface area contributed by atoms with Crippen LogP contribution in [0.4, 0.5) is 5.95 Å². The van der Waals surface area contributed by atoms with Crippen LogP contribution >= 0.6 is 11.6 Å². The smallest absolute Gasteiger partial charge is 0.337 e. The van der Waals surface area contributed by atoms with Gasteiger partial charge in [0.05, 0.1) is 29.4 Å². The molecule has 0 saturated carbocycles. The zero-order valence-corrected chi connectivity index (χ0v) is 19.2. The number of carbonyl (C=O) groups is 1. The molecule has 1 aliphatic heterocycles. The number of H-pyrrole nitrogens is 1. The number of esters is 1. The van der Waals surface area contributed by atoms with Gasteiger partial charge in [-0.15, -0.1) is 0 Å². The second-order valence-electron chi connectivity index (χ2n) is 7.99. The van der Waals surface area contributed by atoms with E-state index in [0.29, 0.717) is 22.4 Å². The van der Waals surface area contributed by atoms with E-state index in [1.54, 1.807) is 16.8 Å². The Labute approximate surface area is 204 Å². The van der Waals surface area contributed by atoms with Gasteiger partial charge >= 0.3 is 5.97 Å². The van der Waals surface area contributed by atoms with Gasteiger partial charge in [0.15, 0.2) is 0 Å². The SMILES string of the molecule is COC(=O)c1ccc(C2C(c3nc4ccccc4[nH]3)=C(c3cccc(Cl)c3)Nc3nnnn32)cc1. The molecule has 10 heteroatoms. The first-order valence-corrected chi connectivity index (χ1v) is 11.2. The van der Waals surface area contributed by atoms with Crippen LogP contribution in [0.25, 0.3) is 22.3 Å². The number of methoxy groups -OCH3 is 1. The summed E-state index contributed by atoms with van der Waals surface area (Å²) in [7, 11) is 1.36. The highest BCUT2D eigenvalue weighted by molar-refractivity contribution is 6.30. The Balaban J connectivity index is 1.61. The second-order valence-corrected chi connectivity index (χ2v) is 8.43. The third-order valence-electron chi connectivity index (χ3n) is 5.92. The number of fused-ring (bicyclic) bond motifs is 2. The van der Waals surface area contributed by atoms with Crippen LogP contribution in [0.5, 0.6) is 0 Å². The minimum absolute atomic E-state index is 0.405. The number of imidazole rings is 1. The van der Waals surface area contributed by atoms with Crippen molar-refractivity contribution in [1.82, 2.24) is 30.2 Å². The lowest BCUT2D eigenvalue weighted by molar-refractivity contribution is 0.0600. The van der Waals surface area contributed by atoms with Gasteiger partial charge in [-0.3, -0.25) is 0 Å². The largest absolute Gasteiger partial charge is 0.465 e. The summed E-state index contributed by atoms with van der Waals surface area (Å²) in [4.78, 5) is 20.3. The first-order valence-electron chi connectivity index (χ1n) is 10.8. The molecule has 3 aromatic carbocycles. The highest BCUT2D eigenvalue weighted by atomic mass is 35.5. The van der Waals surface area contributed by atoms with Gasteiger partial charge in [0, 0.05) is 16.2 Å². The van der Waals surface area contributed by atoms with Crippen molar-refractivity contribution in [2.24, 2.45) is 0 Å². The maximum atomic E-state index is 12.0. The Morgan fingerprint density at radius 3 is 2.66 bits per heavy atom. The van der Waals surface area contributed by atoms with Crippen LogP contribution in [0.1, 0.15) is 33.4 Å². The van der Waals surface area contributed by atoms with Crippen molar-refractivity contribution in [3.05, 3.63) is 100 Å². The Hall–Kier alpha value is -4.50. The zero-order valence-electron chi connectivity index (χ0n) is 18.4.